The van der Waals surface area contributed by atoms with Crippen molar-refractivity contribution in [2.45, 2.75) is 13.8 Å². The Hall–Kier alpha value is -2.49. The maximum atomic E-state index is 12.3. The molecule has 132 valence electrons. The van der Waals surface area contributed by atoms with Gasteiger partial charge in [0.2, 0.25) is 0 Å². The van der Waals surface area contributed by atoms with Gasteiger partial charge in [-0.2, -0.15) is 0 Å². The molecule has 3 aromatic rings. The van der Waals surface area contributed by atoms with Crippen LogP contribution in [0, 0.1) is 13.8 Å². The first-order valence-corrected chi connectivity index (χ1v) is 8.80. The van der Waals surface area contributed by atoms with Crippen LogP contribution < -0.4 is 10.1 Å². The zero-order valence-electron chi connectivity index (χ0n) is 14.3. The number of aryl methyl sites for hydroxylation is 2. The van der Waals surface area contributed by atoms with Crippen LogP contribution in [0.4, 0.5) is 5.69 Å². The maximum absolute atomic E-state index is 12.3. The van der Waals surface area contributed by atoms with Gasteiger partial charge in [0.05, 0.1) is 10.6 Å². The third kappa shape index (κ3) is 4.18. The smallest absolute Gasteiger partial charge is 0.257 e. The summed E-state index contributed by atoms with van der Waals surface area (Å²) in [5.74, 6) is 1.25. The number of ether oxygens (including phenoxy) is 1. The molecule has 0 saturated carbocycles. The number of carbonyl (C=O) groups is 1. The second-order valence-corrected chi connectivity index (χ2v) is 6.77. The van der Waals surface area contributed by atoms with Gasteiger partial charge < -0.3 is 10.1 Å². The molecule has 5 heteroatoms. The second kappa shape index (κ2) is 7.81. The van der Waals surface area contributed by atoms with Gasteiger partial charge in [0.1, 0.15) is 11.5 Å². The number of hydrogen-bond donors (Lipinski definition) is 1. The van der Waals surface area contributed by atoms with Gasteiger partial charge in [-0.1, -0.05) is 41.4 Å². The largest absolute Gasteiger partial charge is 0.457 e. The summed E-state index contributed by atoms with van der Waals surface area (Å²) in [4.78, 5) is 12.3. The summed E-state index contributed by atoms with van der Waals surface area (Å²) in [6, 6.07) is 18.0. The van der Waals surface area contributed by atoms with Gasteiger partial charge in [0, 0.05) is 10.7 Å². The minimum absolute atomic E-state index is 0.296. The Morgan fingerprint density at radius 2 is 1.58 bits per heavy atom. The van der Waals surface area contributed by atoms with Crippen LogP contribution in [-0.4, -0.2) is 5.91 Å². The fourth-order valence-electron chi connectivity index (χ4n) is 2.56. The molecular weight excluding hydrogens is 369 g/mol. The van der Waals surface area contributed by atoms with Crippen molar-refractivity contribution in [2.24, 2.45) is 0 Å². The molecule has 0 atom stereocenters. The zero-order valence-corrected chi connectivity index (χ0v) is 15.9. The molecule has 0 bridgehead atoms. The van der Waals surface area contributed by atoms with Gasteiger partial charge >= 0.3 is 0 Å². The lowest BCUT2D eigenvalue weighted by Gasteiger charge is -2.12. The third-order valence-electron chi connectivity index (χ3n) is 3.92. The molecule has 0 aliphatic rings. The van der Waals surface area contributed by atoms with Crippen LogP contribution in [0.1, 0.15) is 21.5 Å². The summed E-state index contributed by atoms with van der Waals surface area (Å²) < 4.78 is 5.97. The van der Waals surface area contributed by atoms with E-state index in [4.69, 9.17) is 27.9 Å². The summed E-state index contributed by atoms with van der Waals surface area (Å²) in [6.07, 6.45) is 0. The molecule has 0 saturated heterocycles. The first-order valence-electron chi connectivity index (χ1n) is 8.04. The van der Waals surface area contributed by atoms with E-state index in [0.29, 0.717) is 27.0 Å². The summed E-state index contributed by atoms with van der Waals surface area (Å²) in [5, 5.41) is 3.61. The standard InChI is InChI=1S/C21H17Cl2NO2/c1-13-4-3-5-14(2)20(13)26-17-9-7-16(8-10-17)24-21(25)18-11-6-15(22)12-19(18)23/h3-12H,1-2H3,(H,24,25). The molecular formula is C21H17Cl2NO2. The van der Waals surface area contributed by atoms with E-state index in [1.807, 2.05) is 44.2 Å². The monoisotopic (exact) mass is 385 g/mol. The summed E-state index contributed by atoms with van der Waals surface area (Å²) in [5.41, 5.74) is 3.15. The summed E-state index contributed by atoms with van der Waals surface area (Å²) >= 11 is 11.9. The number of rotatable bonds is 4. The highest BCUT2D eigenvalue weighted by atomic mass is 35.5. The lowest BCUT2D eigenvalue weighted by molar-refractivity contribution is 0.102. The lowest BCUT2D eigenvalue weighted by atomic mass is 10.1. The molecule has 0 unspecified atom stereocenters. The predicted molar refractivity (Wildman–Crippen MR) is 107 cm³/mol. The minimum atomic E-state index is -0.296. The molecule has 0 radical (unpaired) electrons. The van der Waals surface area contributed by atoms with Crippen LogP contribution in [-0.2, 0) is 0 Å². The predicted octanol–water partition coefficient (Wildman–Crippen LogP) is 6.65. The Morgan fingerprint density at radius 1 is 0.923 bits per heavy atom. The molecule has 0 aliphatic heterocycles. The van der Waals surface area contributed by atoms with Crippen molar-refractivity contribution >= 4 is 34.8 Å². The molecule has 3 aromatic carbocycles. The first kappa shape index (κ1) is 18.3. The van der Waals surface area contributed by atoms with E-state index in [9.17, 15) is 4.79 Å². The number of carbonyl (C=O) groups excluding carboxylic acids is 1. The molecule has 26 heavy (non-hydrogen) atoms. The van der Waals surface area contributed by atoms with Crippen LogP contribution in [0.5, 0.6) is 11.5 Å². The number of halogens is 2. The van der Waals surface area contributed by atoms with Gasteiger partial charge in [0.15, 0.2) is 0 Å². The number of nitrogens with one attached hydrogen (secondary N) is 1. The molecule has 0 heterocycles. The first-order chi connectivity index (χ1) is 12.4. The Balaban J connectivity index is 1.72. The fourth-order valence-corrected chi connectivity index (χ4v) is 3.05. The van der Waals surface area contributed by atoms with Gasteiger partial charge in [-0.25, -0.2) is 0 Å². The number of para-hydroxylation sites is 1. The number of anilines is 1. The van der Waals surface area contributed by atoms with E-state index in [-0.39, 0.29) is 5.91 Å². The van der Waals surface area contributed by atoms with E-state index in [1.165, 1.54) is 0 Å². The van der Waals surface area contributed by atoms with Gasteiger partial charge in [0.25, 0.3) is 5.91 Å². The molecule has 3 rings (SSSR count). The molecule has 1 N–H and O–H groups in total. The van der Waals surface area contributed by atoms with Crippen LogP contribution in [0.25, 0.3) is 0 Å². The van der Waals surface area contributed by atoms with Gasteiger partial charge in [-0.3, -0.25) is 4.79 Å². The molecule has 1 amide bonds. The molecule has 0 fully saturated rings. The average Bonchev–Trinajstić information content (AvgIpc) is 2.59. The highest BCUT2D eigenvalue weighted by Crippen LogP contribution is 2.29. The SMILES string of the molecule is Cc1cccc(C)c1Oc1ccc(NC(=O)c2ccc(Cl)cc2Cl)cc1. The second-order valence-electron chi connectivity index (χ2n) is 5.93. The van der Waals surface area contributed by atoms with E-state index < -0.39 is 0 Å². The Bertz CT molecular complexity index is 932. The fraction of sp³-hybridized carbons (Fsp3) is 0.0952. The summed E-state index contributed by atoms with van der Waals surface area (Å²) in [6.45, 7) is 4.01. The maximum Gasteiger partial charge on any atom is 0.257 e. The van der Waals surface area contributed by atoms with Gasteiger partial charge in [-0.05, 0) is 67.4 Å². The van der Waals surface area contributed by atoms with Crippen LogP contribution >= 0.6 is 23.2 Å². The lowest BCUT2D eigenvalue weighted by Crippen LogP contribution is -2.12. The normalized spacial score (nSPS) is 10.5. The number of hydrogen-bond acceptors (Lipinski definition) is 2. The minimum Gasteiger partial charge on any atom is -0.457 e. The van der Waals surface area contributed by atoms with Crippen LogP contribution in [0.2, 0.25) is 10.0 Å². The molecule has 0 aromatic heterocycles. The van der Waals surface area contributed by atoms with E-state index >= 15 is 0 Å². The molecule has 0 spiro atoms. The number of amides is 1. The van der Waals surface area contributed by atoms with Crippen molar-refractivity contribution in [3.63, 3.8) is 0 Å². The van der Waals surface area contributed by atoms with E-state index in [0.717, 1.165) is 16.9 Å². The van der Waals surface area contributed by atoms with Crippen molar-refractivity contribution in [1.82, 2.24) is 0 Å². The zero-order chi connectivity index (χ0) is 18.7. The number of benzene rings is 3. The van der Waals surface area contributed by atoms with Crippen LogP contribution in [0.3, 0.4) is 0 Å². The Morgan fingerprint density at radius 3 is 2.19 bits per heavy atom. The Labute approximate surface area is 162 Å². The van der Waals surface area contributed by atoms with Crippen molar-refractivity contribution in [2.75, 3.05) is 5.32 Å². The average molecular weight is 386 g/mol. The van der Waals surface area contributed by atoms with Crippen molar-refractivity contribution in [3.8, 4) is 11.5 Å². The van der Waals surface area contributed by atoms with Crippen molar-refractivity contribution < 1.29 is 9.53 Å². The highest BCUT2D eigenvalue weighted by Gasteiger charge is 2.11. The van der Waals surface area contributed by atoms with Gasteiger partial charge in [-0.15, -0.1) is 0 Å². The molecule has 3 nitrogen and oxygen atoms in total. The van der Waals surface area contributed by atoms with Crippen LogP contribution in [0.15, 0.2) is 60.7 Å². The van der Waals surface area contributed by atoms with E-state index in [2.05, 4.69) is 5.32 Å². The summed E-state index contributed by atoms with van der Waals surface area (Å²) in [7, 11) is 0. The van der Waals surface area contributed by atoms with E-state index in [1.54, 1.807) is 30.3 Å². The highest BCUT2D eigenvalue weighted by molar-refractivity contribution is 6.37. The topological polar surface area (TPSA) is 38.3 Å². The Kier molecular flexibility index (Phi) is 5.50. The third-order valence-corrected chi connectivity index (χ3v) is 4.46. The van der Waals surface area contributed by atoms with Crippen molar-refractivity contribution in [1.29, 1.82) is 0 Å². The molecule has 0 aliphatic carbocycles. The van der Waals surface area contributed by atoms with Crippen molar-refractivity contribution in [3.05, 3.63) is 87.4 Å². The quantitative estimate of drug-likeness (QED) is 0.545.